The van der Waals surface area contributed by atoms with Gasteiger partial charge in [-0.2, -0.15) is 0 Å². The van der Waals surface area contributed by atoms with E-state index in [9.17, 15) is 13.2 Å². The third-order valence-electron chi connectivity index (χ3n) is 3.85. The van der Waals surface area contributed by atoms with Crippen LogP contribution in [0.4, 0.5) is 0 Å². The summed E-state index contributed by atoms with van der Waals surface area (Å²) in [4.78, 5) is 13.8. The van der Waals surface area contributed by atoms with E-state index < -0.39 is 16.0 Å². The Hall–Kier alpha value is -1.44. The van der Waals surface area contributed by atoms with E-state index in [4.69, 9.17) is 0 Å². The average molecular weight is 326 g/mol. The minimum absolute atomic E-state index is 0.0829. The normalized spacial score (nSPS) is 19.8. The molecule has 6 nitrogen and oxygen atoms in total. The second kappa shape index (κ2) is 7.21. The van der Waals surface area contributed by atoms with Crippen LogP contribution in [0.15, 0.2) is 29.2 Å². The van der Waals surface area contributed by atoms with Crippen LogP contribution < -0.4 is 4.72 Å². The Balaban J connectivity index is 2.05. The number of piperidine rings is 1. The van der Waals surface area contributed by atoms with Gasteiger partial charge in [-0.15, -0.1) is 0 Å². The van der Waals surface area contributed by atoms with Crippen molar-refractivity contribution in [1.82, 2.24) is 9.62 Å². The lowest BCUT2D eigenvalue weighted by atomic mass is 9.99. The van der Waals surface area contributed by atoms with Gasteiger partial charge in [-0.25, -0.2) is 17.9 Å². The number of nitrogens with one attached hydrogen (secondary N) is 1. The molecule has 1 aromatic carbocycles. The predicted molar refractivity (Wildman–Crippen MR) is 83.2 cm³/mol. The Morgan fingerprint density at radius 2 is 2.23 bits per heavy atom. The lowest BCUT2D eigenvalue weighted by molar-refractivity contribution is 0.0600. The second-order valence-corrected chi connectivity index (χ2v) is 7.41. The van der Waals surface area contributed by atoms with Crippen molar-refractivity contribution in [3.8, 4) is 0 Å². The first-order valence-electron chi connectivity index (χ1n) is 7.29. The molecule has 0 saturated carbocycles. The second-order valence-electron chi connectivity index (χ2n) is 5.64. The van der Waals surface area contributed by atoms with E-state index in [0.717, 1.165) is 25.9 Å². The molecule has 7 heteroatoms. The largest absolute Gasteiger partial charge is 0.465 e. The third-order valence-corrected chi connectivity index (χ3v) is 5.27. The number of carbonyl (C=O) groups excluding carboxylic acids is 1. The summed E-state index contributed by atoms with van der Waals surface area (Å²) < 4.78 is 31.9. The highest BCUT2D eigenvalue weighted by Gasteiger charge is 2.21. The van der Waals surface area contributed by atoms with Gasteiger partial charge in [-0.05, 0) is 50.6 Å². The first-order valence-corrected chi connectivity index (χ1v) is 8.77. The molecule has 1 aromatic rings. The molecule has 0 bridgehead atoms. The number of ether oxygens (including phenoxy) is 1. The minimum atomic E-state index is -3.62. The molecular formula is C15H22N2O4S. The van der Waals surface area contributed by atoms with Crippen LogP contribution in [0.5, 0.6) is 0 Å². The first-order chi connectivity index (χ1) is 10.4. The topological polar surface area (TPSA) is 75.7 Å². The van der Waals surface area contributed by atoms with Crippen molar-refractivity contribution in [1.29, 1.82) is 0 Å². The lowest BCUT2D eigenvalue weighted by Crippen LogP contribution is -2.39. The van der Waals surface area contributed by atoms with Crippen molar-refractivity contribution < 1.29 is 17.9 Å². The summed E-state index contributed by atoms with van der Waals surface area (Å²) in [5, 5.41) is 0. The molecule has 1 fully saturated rings. The van der Waals surface area contributed by atoms with Crippen LogP contribution in [0.1, 0.15) is 23.2 Å². The summed E-state index contributed by atoms with van der Waals surface area (Å²) in [6.45, 7) is 2.37. The van der Waals surface area contributed by atoms with Gasteiger partial charge in [0.2, 0.25) is 10.0 Å². The molecule has 0 amide bonds. The smallest absolute Gasteiger partial charge is 0.337 e. The number of rotatable bonds is 5. The summed E-state index contributed by atoms with van der Waals surface area (Å²) >= 11 is 0. The molecule has 122 valence electrons. The molecule has 1 atom stereocenters. The number of sulfonamides is 1. The molecule has 0 radical (unpaired) electrons. The number of esters is 1. The average Bonchev–Trinajstić information content (AvgIpc) is 2.52. The zero-order chi connectivity index (χ0) is 16.2. The number of nitrogens with zero attached hydrogens (tertiary/aromatic N) is 1. The van der Waals surface area contributed by atoms with Crippen molar-refractivity contribution in [3.63, 3.8) is 0 Å². The van der Waals surface area contributed by atoms with Gasteiger partial charge in [0.05, 0.1) is 17.6 Å². The Kier molecular flexibility index (Phi) is 5.55. The highest BCUT2D eigenvalue weighted by atomic mass is 32.2. The van der Waals surface area contributed by atoms with Crippen molar-refractivity contribution in [2.24, 2.45) is 5.92 Å². The molecule has 1 aliphatic rings. The molecule has 1 N–H and O–H groups in total. The van der Waals surface area contributed by atoms with Crippen LogP contribution in [0.3, 0.4) is 0 Å². The van der Waals surface area contributed by atoms with Gasteiger partial charge in [-0.3, -0.25) is 0 Å². The van der Waals surface area contributed by atoms with Crippen molar-refractivity contribution in [3.05, 3.63) is 29.8 Å². The molecule has 1 aliphatic heterocycles. The number of hydrogen-bond donors (Lipinski definition) is 1. The van der Waals surface area contributed by atoms with Gasteiger partial charge in [0, 0.05) is 13.1 Å². The molecule has 0 spiro atoms. The lowest BCUT2D eigenvalue weighted by Gasteiger charge is -2.29. The molecule has 1 saturated heterocycles. The quantitative estimate of drug-likeness (QED) is 0.820. The maximum atomic E-state index is 12.3. The van der Waals surface area contributed by atoms with Crippen LogP contribution in [0, 0.1) is 5.92 Å². The van der Waals surface area contributed by atoms with Gasteiger partial charge in [-0.1, -0.05) is 6.07 Å². The van der Waals surface area contributed by atoms with Gasteiger partial charge in [0.1, 0.15) is 0 Å². The molecular weight excluding hydrogens is 304 g/mol. The number of methoxy groups -OCH3 is 1. The third kappa shape index (κ3) is 4.28. The fraction of sp³-hybridized carbons (Fsp3) is 0.533. The van der Waals surface area contributed by atoms with Crippen LogP contribution in [0.2, 0.25) is 0 Å². The van der Waals surface area contributed by atoms with E-state index in [1.54, 1.807) is 0 Å². The number of hydrogen-bond acceptors (Lipinski definition) is 5. The fourth-order valence-electron chi connectivity index (χ4n) is 2.66. The van der Waals surface area contributed by atoms with E-state index in [1.165, 1.54) is 31.4 Å². The number of carbonyl (C=O) groups is 1. The summed E-state index contributed by atoms with van der Waals surface area (Å²) in [5.41, 5.74) is 0.225. The SMILES string of the molecule is COC(=O)c1cccc(S(=O)(=O)NCC2CCCN(C)C2)c1. The van der Waals surface area contributed by atoms with Crippen LogP contribution >= 0.6 is 0 Å². The standard InChI is InChI=1S/C15H22N2O4S/c1-17-8-4-5-12(11-17)10-16-22(19,20)14-7-3-6-13(9-14)15(18)21-2/h3,6-7,9,12,16H,4-5,8,10-11H2,1-2H3. The Labute approximate surface area is 131 Å². The molecule has 0 aromatic heterocycles. The fourth-order valence-corrected chi connectivity index (χ4v) is 3.82. The van der Waals surface area contributed by atoms with E-state index in [0.29, 0.717) is 12.5 Å². The molecule has 1 unspecified atom stereocenters. The summed E-state index contributed by atoms with van der Waals surface area (Å²) in [5.74, 6) is -0.233. The van der Waals surface area contributed by atoms with Crippen LogP contribution in [0.25, 0.3) is 0 Å². The van der Waals surface area contributed by atoms with Crippen LogP contribution in [-0.2, 0) is 14.8 Å². The molecule has 2 rings (SSSR count). The van der Waals surface area contributed by atoms with Gasteiger partial charge in [0.15, 0.2) is 0 Å². The zero-order valence-corrected chi connectivity index (χ0v) is 13.7. The first kappa shape index (κ1) is 16.9. The molecule has 22 heavy (non-hydrogen) atoms. The highest BCUT2D eigenvalue weighted by Crippen LogP contribution is 2.16. The van der Waals surface area contributed by atoms with Crippen LogP contribution in [-0.4, -0.2) is 53.1 Å². The van der Waals surface area contributed by atoms with E-state index in [-0.39, 0.29) is 10.5 Å². The summed E-state index contributed by atoms with van der Waals surface area (Å²) in [6, 6.07) is 5.87. The van der Waals surface area contributed by atoms with Crippen molar-refractivity contribution >= 4 is 16.0 Å². The summed E-state index contributed by atoms with van der Waals surface area (Å²) in [7, 11) is -0.310. The molecule has 0 aliphatic carbocycles. The van der Waals surface area contributed by atoms with E-state index >= 15 is 0 Å². The maximum absolute atomic E-state index is 12.3. The highest BCUT2D eigenvalue weighted by molar-refractivity contribution is 7.89. The van der Waals surface area contributed by atoms with E-state index in [1.807, 2.05) is 7.05 Å². The van der Waals surface area contributed by atoms with Gasteiger partial charge >= 0.3 is 5.97 Å². The summed E-state index contributed by atoms with van der Waals surface area (Å²) in [6.07, 6.45) is 2.11. The Morgan fingerprint density at radius 3 is 2.91 bits per heavy atom. The maximum Gasteiger partial charge on any atom is 0.337 e. The zero-order valence-electron chi connectivity index (χ0n) is 12.9. The minimum Gasteiger partial charge on any atom is -0.465 e. The Morgan fingerprint density at radius 1 is 1.45 bits per heavy atom. The van der Waals surface area contributed by atoms with Crippen molar-refractivity contribution in [2.45, 2.75) is 17.7 Å². The van der Waals surface area contributed by atoms with E-state index in [2.05, 4.69) is 14.4 Å². The predicted octanol–water partition coefficient (Wildman–Crippen LogP) is 1.09. The number of likely N-dealkylation sites (tertiary alicyclic amines) is 1. The molecule has 1 heterocycles. The number of benzene rings is 1. The van der Waals surface area contributed by atoms with Gasteiger partial charge in [0.25, 0.3) is 0 Å². The van der Waals surface area contributed by atoms with Gasteiger partial charge < -0.3 is 9.64 Å². The Bertz CT molecular complexity index is 630. The monoisotopic (exact) mass is 326 g/mol. The van der Waals surface area contributed by atoms with Crippen molar-refractivity contribution in [2.75, 3.05) is 33.8 Å².